The van der Waals surface area contributed by atoms with Crippen LogP contribution in [0.25, 0.3) is 21.8 Å². The molecule has 1 N–H and O–H groups in total. The first kappa shape index (κ1) is 18.2. The number of benzene rings is 1. The summed E-state index contributed by atoms with van der Waals surface area (Å²) in [5.74, 6) is 1.22. The number of nitrogens with one attached hydrogen (secondary N) is 1. The van der Waals surface area contributed by atoms with E-state index in [2.05, 4.69) is 21.2 Å². The number of pyridine rings is 1. The Morgan fingerprint density at radius 1 is 1.29 bits per heavy atom. The average molecular weight is 406 g/mol. The Hall–Kier alpha value is -3.15. The molecule has 0 spiro atoms. The van der Waals surface area contributed by atoms with Crippen LogP contribution in [0.3, 0.4) is 0 Å². The molecule has 0 unspecified atom stereocenters. The SMILES string of the molecule is Cc1cc(CSc2[nH]c(=O)c(-c3nc(-c4ccccc4)cs3)cc2C#N)no1. The molecule has 6 nitrogen and oxygen atoms in total. The molecule has 8 heteroatoms. The summed E-state index contributed by atoms with van der Waals surface area (Å²) in [5, 5.41) is 16.5. The summed E-state index contributed by atoms with van der Waals surface area (Å²) in [7, 11) is 0. The second-order valence-electron chi connectivity index (χ2n) is 5.99. The minimum Gasteiger partial charge on any atom is -0.361 e. The van der Waals surface area contributed by atoms with Crippen LogP contribution in [0.5, 0.6) is 0 Å². The Morgan fingerprint density at radius 3 is 2.82 bits per heavy atom. The highest BCUT2D eigenvalue weighted by Gasteiger charge is 2.15. The number of thioether (sulfide) groups is 1. The van der Waals surface area contributed by atoms with E-state index in [0.717, 1.165) is 22.7 Å². The fraction of sp³-hybridized carbons (Fsp3) is 0.100. The predicted molar refractivity (Wildman–Crippen MR) is 109 cm³/mol. The van der Waals surface area contributed by atoms with Crippen LogP contribution in [0.15, 0.2) is 62.2 Å². The maximum absolute atomic E-state index is 12.6. The smallest absolute Gasteiger partial charge is 0.259 e. The Labute approximate surface area is 168 Å². The Morgan fingerprint density at radius 2 is 2.11 bits per heavy atom. The summed E-state index contributed by atoms with van der Waals surface area (Å²) in [4.78, 5) is 20.0. The number of aromatic amines is 1. The van der Waals surface area contributed by atoms with Crippen molar-refractivity contribution in [3.63, 3.8) is 0 Å². The summed E-state index contributed by atoms with van der Waals surface area (Å²) in [6, 6.07) is 15.3. The van der Waals surface area contributed by atoms with E-state index in [9.17, 15) is 10.1 Å². The molecule has 138 valence electrons. The lowest BCUT2D eigenvalue weighted by molar-refractivity contribution is 0.393. The van der Waals surface area contributed by atoms with Crippen LogP contribution in [0, 0.1) is 18.3 Å². The summed E-state index contributed by atoms with van der Waals surface area (Å²) >= 11 is 2.72. The molecule has 0 fully saturated rings. The first-order valence-corrected chi connectivity index (χ1v) is 10.2. The zero-order valence-electron chi connectivity index (χ0n) is 14.8. The van der Waals surface area contributed by atoms with Crippen molar-refractivity contribution in [3.8, 4) is 27.9 Å². The fourth-order valence-electron chi connectivity index (χ4n) is 2.64. The summed E-state index contributed by atoms with van der Waals surface area (Å²) < 4.78 is 5.04. The van der Waals surface area contributed by atoms with E-state index in [0.29, 0.717) is 26.9 Å². The molecule has 3 aromatic heterocycles. The van der Waals surface area contributed by atoms with Gasteiger partial charge >= 0.3 is 0 Å². The van der Waals surface area contributed by atoms with Crippen molar-refractivity contribution in [3.05, 3.63) is 75.2 Å². The van der Waals surface area contributed by atoms with Gasteiger partial charge in [-0.05, 0) is 13.0 Å². The highest BCUT2D eigenvalue weighted by Crippen LogP contribution is 2.30. The van der Waals surface area contributed by atoms with Crippen molar-refractivity contribution >= 4 is 23.1 Å². The van der Waals surface area contributed by atoms with Gasteiger partial charge in [-0.25, -0.2) is 4.98 Å². The van der Waals surface area contributed by atoms with Crippen molar-refractivity contribution in [1.29, 1.82) is 5.26 Å². The molecular weight excluding hydrogens is 392 g/mol. The lowest BCUT2D eigenvalue weighted by Gasteiger charge is -2.04. The number of nitrogens with zero attached hydrogens (tertiary/aromatic N) is 3. The first-order valence-electron chi connectivity index (χ1n) is 8.38. The van der Waals surface area contributed by atoms with Crippen molar-refractivity contribution in [2.24, 2.45) is 0 Å². The van der Waals surface area contributed by atoms with Crippen LogP contribution in [-0.2, 0) is 5.75 Å². The van der Waals surface area contributed by atoms with E-state index >= 15 is 0 Å². The van der Waals surface area contributed by atoms with Gasteiger partial charge in [-0.15, -0.1) is 23.1 Å². The van der Waals surface area contributed by atoms with Gasteiger partial charge in [0.15, 0.2) is 0 Å². The van der Waals surface area contributed by atoms with Crippen LogP contribution in [0.4, 0.5) is 0 Å². The van der Waals surface area contributed by atoms with Gasteiger partial charge in [0, 0.05) is 22.8 Å². The van der Waals surface area contributed by atoms with E-state index in [-0.39, 0.29) is 5.56 Å². The zero-order chi connectivity index (χ0) is 19.5. The molecular formula is C20H14N4O2S2. The molecule has 4 rings (SSSR count). The third kappa shape index (κ3) is 3.76. The van der Waals surface area contributed by atoms with Gasteiger partial charge in [-0.1, -0.05) is 35.5 Å². The molecule has 0 aliphatic heterocycles. The molecule has 0 amide bonds. The monoisotopic (exact) mass is 406 g/mol. The standard InChI is InChI=1S/C20H14N4O2S2/c1-12-7-15(24-26-12)10-27-19-14(9-21)8-16(18(25)23-19)20-22-17(11-28-20)13-5-3-2-4-6-13/h2-8,11H,10H2,1H3,(H,23,25). The van der Waals surface area contributed by atoms with Crippen LogP contribution in [0.1, 0.15) is 17.0 Å². The molecule has 0 saturated heterocycles. The molecule has 0 saturated carbocycles. The van der Waals surface area contributed by atoms with E-state index in [1.54, 1.807) is 6.07 Å². The maximum Gasteiger partial charge on any atom is 0.259 e. The Kier molecular flexibility index (Phi) is 5.10. The summed E-state index contributed by atoms with van der Waals surface area (Å²) in [5.41, 5.74) is 3.06. The van der Waals surface area contributed by atoms with Crippen molar-refractivity contribution < 1.29 is 4.52 Å². The molecule has 0 atom stereocenters. The Balaban J connectivity index is 1.63. The topological polar surface area (TPSA) is 95.6 Å². The number of H-pyrrole nitrogens is 1. The first-order chi connectivity index (χ1) is 13.6. The lowest BCUT2D eigenvalue weighted by Crippen LogP contribution is -2.11. The molecule has 0 bridgehead atoms. The number of aryl methyl sites for hydroxylation is 1. The number of thiazole rings is 1. The van der Waals surface area contributed by atoms with E-state index < -0.39 is 0 Å². The highest BCUT2D eigenvalue weighted by atomic mass is 32.2. The van der Waals surface area contributed by atoms with Gasteiger partial charge in [-0.3, -0.25) is 4.79 Å². The maximum atomic E-state index is 12.6. The Bertz CT molecular complexity index is 1220. The van der Waals surface area contributed by atoms with Crippen molar-refractivity contribution in [1.82, 2.24) is 15.1 Å². The number of hydrogen-bond acceptors (Lipinski definition) is 7. The van der Waals surface area contributed by atoms with Crippen molar-refractivity contribution in [2.45, 2.75) is 17.7 Å². The molecule has 0 aliphatic rings. The molecule has 1 aromatic carbocycles. The summed E-state index contributed by atoms with van der Waals surface area (Å²) in [6.07, 6.45) is 0. The van der Waals surface area contributed by atoms with Crippen LogP contribution < -0.4 is 5.56 Å². The largest absolute Gasteiger partial charge is 0.361 e. The normalized spacial score (nSPS) is 10.7. The highest BCUT2D eigenvalue weighted by molar-refractivity contribution is 7.98. The molecule has 28 heavy (non-hydrogen) atoms. The van der Waals surface area contributed by atoms with E-state index in [4.69, 9.17) is 4.52 Å². The zero-order valence-corrected chi connectivity index (χ0v) is 16.4. The molecule has 3 heterocycles. The minimum atomic E-state index is -0.271. The van der Waals surface area contributed by atoms with Gasteiger partial charge in [-0.2, -0.15) is 5.26 Å². The van der Waals surface area contributed by atoms with E-state index in [1.165, 1.54) is 23.1 Å². The fourth-order valence-corrected chi connectivity index (χ4v) is 4.33. The molecule has 4 aromatic rings. The summed E-state index contributed by atoms with van der Waals surface area (Å²) in [6.45, 7) is 1.82. The number of rotatable bonds is 5. The molecule has 0 radical (unpaired) electrons. The van der Waals surface area contributed by atoms with Gasteiger partial charge < -0.3 is 9.51 Å². The van der Waals surface area contributed by atoms with Crippen LogP contribution in [0.2, 0.25) is 0 Å². The third-order valence-corrected chi connectivity index (χ3v) is 5.90. The minimum absolute atomic E-state index is 0.271. The number of hydrogen-bond donors (Lipinski definition) is 1. The van der Waals surface area contributed by atoms with Gasteiger partial charge in [0.2, 0.25) is 0 Å². The van der Waals surface area contributed by atoms with Crippen LogP contribution >= 0.6 is 23.1 Å². The van der Waals surface area contributed by atoms with Crippen LogP contribution in [-0.4, -0.2) is 15.1 Å². The van der Waals surface area contributed by atoms with Gasteiger partial charge in [0.25, 0.3) is 5.56 Å². The average Bonchev–Trinajstić information content (AvgIpc) is 3.36. The van der Waals surface area contributed by atoms with E-state index in [1.807, 2.05) is 48.7 Å². The van der Waals surface area contributed by atoms with Gasteiger partial charge in [0.05, 0.1) is 27.5 Å². The second kappa shape index (κ2) is 7.84. The third-order valence-electron chi connectivity index (χ3n) is 3.97. The second-order valence-corrected chi connectivity index (χ2v) is 7.83. The quantitative estimate of drug-likeness (QED) is 0.486. The number of aromatic nitrogens is 3. The molecule has 0 aliphatic carbocycles. The van der Waals surface area contributed by atoms with Gasteiger partial charge in [0.1, 0.15) is 16.8 Å². The lowest BCUT2D eigenvalue weighted by atomic mass is 10.2. The van der Waals surface area contributed by atoms with Crippen molar-refractivity contribution in [2.75, 3.05) is 0 Å². The number of nitriles is 1. The predicted octanol–water partition coefficient (Wildman–Crippen LogP) is 4.63.